The van der Waals surface area contributed by atoms with E-state index in [1.165, 1.54) is 6.08 Å². The van der Waals surface area contributed by atoms with E-state index in [1.54, 1.807) is 0 Å². The molecular formula is C10H14O2. The first-order chi connectivity index (χ1) is 5.65. The Morgan fingerprint density at radius 1 is 1.67 bits per heavy atom. The Morgan fingerprint density at radius 3 is 2.92 bits per heavy atom. The van der Waals surface area contributed by atoms with Gasteiger partial charge in [-0.2, -0.15) is 0 Å². The molecule has 2 heteroatoms. The van der Waals surface area contributed by atoms with Crippen molar-refractivity contribution in [2.24, 2.45) is 5.92 Å². The molecule has 0 unspecified atom stereocenters. The topological polar surface area (TPSA) is 26.3 Å². The van der Waals surface area contributed by atoms with E-state index in [0.717, 1.165) is 5.57 Å². The van der Waals surface area contributed by atoms with Gasteiger partial charge in [0.05, 0.1) is 0 Å². The summed E-state index contributed by atoms with van der Waals surface area (Å²) in [6.07, 6.45) is 5.30. The molecule has 2 atom stereocenters. The number of hydrogen-bond donors (Lipinski definition) is 0. The van der Waals surface area contributed by atoms with Crippen molar-refractivity contribution in [1.29, 1.82) is 0 Å². The second-order valence-electron chi connectivity index (χ2n) is 3.11. The van der Waals surface area contributed by atoms with E-state index < -0.39 is 0 Å². The molecule has 1 rings (SSSR count). The van der Waals surface area contributed by atoms with Gasteiger partial charge in [-0.25, -0.2) is 4.79 Å². The highest BCUT2D eigenvalue weighted by atomic mass is 16.5. The molecule has 1 aliphatic heterocycles. The number of carbonyl (C=O) groups excluding carboxylic acids is 1. The summed E-state index contributed by atoms with van der Waals surface area (Å²) in [6, 6.07) is 0. The number of hydrogen-bond acceptors (Lipinski definition) is 2. The third-order valence-electron chi connectivity index (χ3n) is 2.16. The summed E-state index contributed by atoms with van der Waals surface area (Å²) in [5.74, 6) is 0.0539. The lowest BCUT2D eigenvalue weighted by molar-refractivity contribution is -0.144. The lowest BCUT2D eigenvalue weighted by Crippen LogP contribution is -2.28. The molecule has 2 nitrogen and oxygen atoms in total. The monoisotopic (exact) mass is 166 g/mol. The molecule has 0 bridgehead atoms. The number of ether oxygens (including phenoxy) is 1. The first kappa shape index (κ1) is 9.04. The fraction of sp³-hybridized carbons (Fsp3) is 0.500. The summed E-state index contributed by atoms with van der Waals surface area (Å²) < 4.78 is 5.16. The van der Waals surface area contributed by atoms with Gasteiger partial charge in [0.1, 0.15) is 6.10 Å². The van der Waals surface area contributed by atoms with Crippen molar-refractivity contribution in [1.82, 2.24) is 0 Å². The van der Waals surface area contributed by atoms with Gasteiger partial charge < -0.3 is 4.74 Å². The zero-order valence-electron chi connectivity index (χ0n) is 7.70. The van der Waals surface area contributed by atoms with Gasteiger partial charge in [0, 0.05) is 12.0 Å². The first-order valence-corrected chi connectivity index (χ1v) is 4.16. The lowest BCUT2D eigenvalue weighted by atomic mass is 9.96. The van der Waals surface area contributed by atoms with Gasteiger partial charge in [-0.3, -0.25) is 0 Å². The van der Waals surface area contributed by atoms with Crippen molar-refractivity contribution < 1.29 is 9.53 Å². The second kappa shape index (κ2) is 3.57. The molecule has 1 aliphatic rings. The molecule has 0 aromatic carbocycles. The number of allylic oxidation sites excluding steroid dienone is 1. The van der Waals surface area contributed by atoms with Crippen LogP contribution in [0.5, 0.6) is 0 Å². The summed E-state index contributed by atoms with van der Waals surface area (Å²) in [5.41, 5.74) is 1.11. The molecule has 0 radical (unpaired) electrons. The fourth-order valence-electron chi connectivity index (χ4n) is 1.27. The summed E-state index contributed by atoms with van der Waals surface area (Å²) in [6.45, 7) is 5.97. The van der Waals surface area contributed by atoms with Gasteiger partial charge in [0.2, 0.25) is 0 Å². The Hall–Kier alpha value is -1.05. The normalized spacial score (nSPS) is 30.2. The van der Waals surface area contributed by atoms with Gasteiger partial charge in [-0.05, 0) is 19.4 Å². The van der Waals surface area contributed by atoms with Gasteiger partial charge in [0.15, 0.2) is 0 Å². The van der Waals surface area contributed by atoms with Crippen molar-refractivity contribution in [3.8, 4) is 0 Å². The van der Waals surface area contributed by atoms with Crippen molar-refractivity contribution in [3.05, 3.63) is 23.8 Å². The summed E-state index contributed by atoms with van der Waals surface area (Å²) in [4.78, 5) is 10.9. The average Bonchev–Trinajstić information content (AvgIpc) is 2.08. The average molecular weight is 166 g/mol. The summed E-state index contributed by atoms with van der Waals surface area (Å²) in [5, 5.41) is 0. The fourth-order valence-corrected chi connectivity index (χ4v) is 1.27. The zero-order chi connectivity index (χ0) is 9.14. The maximum atomic E-state index is 10.9. The van der Waals surface area contributed by atoms with Crippen LogP contribution in [0.25, 0.3) is 0 Å². The van der Waals surface area contributed by atoms with E-state index in [-0.39, 0.29) is 12.1 Å². The van der Waals surface area contributed by atoms with Crippen LogP contribution in [0.1, 0.15) is 20.8 Å². The van der Waals surface area contributed by atoms with Crippen LogP contribution < -0.4 is 0 Å². The minimum Gasteiger partial charge on any atom is -0.454 e. The Bertz CT molecular complexity index is 238. The Balaban J connectivity index is 2.79. The predicted molar refractivity (Wildman–Crippen MR) is 47.6 cm³/mol. The molecule has 0 saturated carbocycles. The minimum atomic E-state index is -0.237. The largest absolute Gasteiger partial charge is 0.454 e. The quantitative estimate of drug-likeness (QED) is 0.440. The molecule has 1 heterocycles. The van der Waals surface area contributed by atoms with E-state index in [2.05, 4.69) is 0 Å². The third-order valence-corrected chi connectivity index (χ3v) is 2.16. The maximum absolute atomic E-state index is 10.9. The Labute approximate surface area is 72.9 Å². The Kier molecular flexibility index (Phi) is 2.69. The van der Waals surface area contributed by atoms with Crippen molar-refractivity contribution in [2.75, 3.05) is 0 Å². The van der Waals surface area contributed by atoms with E-state index in [9.17, 15) is 4.79 Å². The highest BCUT2D eigenvalue weighted by Crippen LogP contribution is 2.21. The summed E-state index contributed by atoms with van der Waals surface area (Å²) >= 11 is 0. The van der Waals surface area contributed by atoms with Gasteiger partial charge in [-0.1, -0.05) is 19.1 Å². The standard InChI is InChI=1S/C10H14O2/c1-4-7(2)10-8(3)5-6-9(11)12-10/h4-6,8,10H,1-3H3/b7-4+/t8-,10-/m1/s1. The van der Waals surface area contributed by atoms with Crippen LogP contribution in [-0.2, 0) is 9.53 Å². The Morgan fingerprint density at radius 2 is 2.33 bits per heavy atom. The zero-order valence-corrected chi connectivity index (χ0v) is 7.70. The molecule has 12 heavy (non-hydrogen) atoms. The molecule has 0 N–H and O–H groups in total. The van der Waals surface area contributed by atoms with E-state index in [4.69, 9.17) is 4.74 Å². The molecule has 0 aliphatic carbocycles. The molecular weight excluding hydrogens is 152 g/mol. The smallest absolute Gasteiger partial charge is 0.331 e. The van der Waals surface area contributed by atoms with Crippen molar-refractivity contribution in [2.45, 2.75) is 26.9 Å². The van der Waals surface area contributed by atoms with Crippen molar-refractivity contribution in [3.63, 3.8) is 0 Å². The highest BCUT2D eigenvalue weighted by Gasteiger charge is 2.23. The van der Waals surface area contributed by atoms with Gasteiger partial charge >= 0.3 is 5.97 Å². The first-order valence-electron chi connectivity index (χ1n) is 4.16. The van der Waals surface area contributed by atoms with E-state index >= 15 is 0 Å². The molecule has 0 amide bonds. The van der Waals surface area contributed by atoms with Crippen LogP contribution in [-0.4, -0.2) is 12.1 Å². The number of rotatable bonds is 1. The minimum absolute atomic E-state index is 0.0625. The lowest BCUT2D eigenvalue weighted by Gasteiger charge is -2.25. The number of carbonyl (C=O) groups is 1. The third kappa shape index (κ3) is 1.76. The SMILES string of the molecule is C/C=C(\C)[C@H]1OC(=O)C=C[C@H]1C. The highest BCUT2D eigenvalue weighted by molar-refractivity contribution is 5.83. The van der Waals surface area contributed by atoms with Crippen LogP contribution in [0, 0.1) is 5.92 Å². The molecule has 66 valence electrons. The van der Waals surface area contributed by atoms with Crippen LogP contribution >= 0.6 is 0 Å². The molecule has 0 spiro atoms. The van der Waals surface area contributed by atoms with Crippen molar-refractivity contribution >= 4 is 5.97 Å². The summed E-state index contributed by atoms with van der Waals surface area (Å²) in [7, 11) is 0. The van der Waals surface area contributed by atoms with Crippen LogP contribution in [0.15, 0.2) is 23.8 Å². The van der Waals surface area contributed by atoms with E-state index in [1.807, 2.05) is 32.9 Å². The predicted octanol–water partition coefficient (Wildman–Crippen LogP) is 2.07. The van der Waals surface area contributed by atoms with Crippen LogP contribution in [0.2, 0.25) is 0 Å². The van der Waals surface area contributed by atoms with Gasteiger partial charge in [-0.15, -0.1) is 0 Å². The van der Waals surface area contributed by atoms with Crippen LogP contribution in [0.4, 0.5) is 0 Å². The molecule has 0 aromatic heterocycles. The molecule has 0 fully saturated rings. The van der Waals surface area contributed by atoms with Gasteiger partial charge in [0.25, 0.3) is 0 Å². The number of esters is 1. The van der Waals surface area contributed by atoms with Crippen LogP contribution in [0.3, 0.4) is 0 Å². The molecule has 0 saturated heterocycles. The second-order valence-corrected chi connectivity index (χ2v) is 3.11. The van der Waals surface area contributed by atoms with E-state index in [0.29, 0.717) is 5.92 Å². The number of cyclic esters (lactones) is 1. The molecule has 0 aromatic rings. The maximum Gasteiger partial charge on any atom is 0.331 e.